The van der Waals surface area contributed by atoms with E-state index >= 15 is 0 Å². The second-order valence-electron chi connectivity index (χ2n) is 7.42. The highest BCUT2D eigenvalue weighted by atomic mass is 32.2. The minimum Gasteiger partial charge on any atom is -0.322 e. The van der Waals surface area contributed by atoms with Gasteiger partial charge in [0.2, 0.25) is 15.9 Å². The standard InChI is InChI=1S/C24H19N5O5S/c25-35(33,34)22-11-5-7-19(15-22)26-23(30)13-12-18-16-28(20-8-2-1-3-9-20)27-24(18)17-6-4-10-21(14-17)29(31)32/h1-16H,(H,26,30)(H2,25,33,34)/b13-12+. The molecule has 0 fully saturated rings. The Morgan fingerprint density at radius 3 is 2.49 bits per heavy atom. The zero-order valence-electron chi connectivity index (χ0n) is 18.1. The van der Waals surface area contributed by atoms with E-state index in [0.717, 1.165) is 5.69 Å². The summed E-state index contributed by atoms with van der Waals surface area (Å²) in [5.74, 6) is -0.519. The number of para-hydroxylation sites is 1. The number of nitrogens with two attached hydrogens (primary N) is 1. The lowest BCUT2D eigenvalue weighted by Gasteiger charge is -2.04. The number of anilines is 1. The van der Waals surface area contributed by atoms with E-state index in [1.807, 2.05) is 30.3 Å². The fourth-order valence-electron chi connectivity index (χ4n) is 3.31. The van der Waals surface area contributed by atoms with E-state index in [1.54, 1.807) is 23.0 Å². The SMILES string of the molecule is NS(=O)(=O)c1cccc(NC(=O)/C=C/c2cn(-c3ccccc3)nc2-c2cccc([N+](=O)[O-])c2)c1. The quantitative estimate of drug-likeness (QED) is 0.229. The topological polar surface area (TPSA) is 150 Å². The maximum Gasteiger partial charge on any atom is 0.270 e. The first-order valence-electron chi connectivity index (χ1n) is 10.2. The predicted molar refractivity (Wildman–Crippen MR) is 131 cm³/mol. The van der Waals surface area contributed by atoms with E-state index in [2.05, 4.69) is 10.4 Å². The van der Waals surface area contributed by atoms with Crippen LogP contribution >= 0.6 is 0 Å². The van der Waals surface area contributed by atoms with Crippen molar-refractivity contribution in [3.8, 4) is 16.9 Å². The average molecular weight is 490 g/mol. The van der Waals surface area contributed by atoms with Crippen LogP contribution in [-0.2, 0) is 14.8 Å². The summed E-state index contributed by atoms with van der Waals surface area (Å²) in [5, 5.41) is 23.5. The van der Waals surface area contributed by atoms with Gasteiger partial charge in [-0.15, -0.1) is 0 Å². The Morgan fingerprint density at radius 2 is 1.77 bits per heavy atom. The van der Waals surface area contributed by atoms with Gasteiger partial charge in [0, 0.05) is 41.2 Å². The van der Waals surface area contributed by atoms with Gasteiger partial charge in [0.1, 0.15) is 5.69 Å². The number of primary sulfonamides is 1. The fourth-order valence-corrected chi connectivity index (χ4v) is 3.87. The number of aromatic nitrogens is 2. The molecule has 4 rings (SSSR count). The average Bonchev–Trinajstić information content (AvgIpc) is 3.27. The van der Waals surface area contributed by atoms with Crippen LogP contribution in [0.25, 0.3) is 23.0 Å². The van der Waals surface area contributed by atoms with Crippen LogP contribution in [0.2, 0.25) is 0 Å². The molecule has 0 aliphatic carbocycles. The fraction of sp³-hybridized carbons (Fsp3) is 0. The first-order valence-corrected chi connectivity index (χ1v) is 11.8. The summed E-state index contributed by atoms with van der Waals surface area (Å²) in [6.07, 6.45) is 4.49. The molecule has 0 bridgehead atoms. The maximum atomic E-state index is 12.5. The highest BCUT2D eigenvalue weighted by Crippen LogP contribution is 2.28. The van der Waals surface area contributed by atoms with Gasteiger partial charge in [0.05, 0.1) is 15.5 Å². The Kier molecular flexibility index (Phi) is 6.53. The molecule has 3 aromatic carbocycles. The van der Waals surface area contributed by atoms with E-state index in [9.17, 15) is 23.3 Å². The molecule has 0 saturated heterocycles. The summed E-state index contributed by atoms with van der Waals surface area (Å²) in [4.78, 5) is 23.1. The molecule has 0 aliphatic heterocycles. The second kappa shape index (κ2) is 9.71. The Morgan fingerprint density at radius 1 is 1.03 bits per heavy atom. The van der Waals surface area contributed by atoms with Crippen LogP contribution in [0, 0.1) is 10.1 Å². The predicted octanol–water partition coefficient (Wildman–Crippen LogP) is 3.75. The van der Waals surface area contributed by atoms with Gasteiger partial charge < -0.3 is 5.32 Å². The lowest BCUT2D eigenvalue weighted by Crippen LogP contribution is -2.13. The van der Waals surface area contributed by atoms with Crippen molar-refractivity contribution < 1.29 is 18.1 Å². The highest BCUT2D eigenvalue weighted by Gasteiger charge is 2.15. The minimum atomic E-state index is -3.91. The highest BCUT2D eigenvalue weighted by molar-refractivity contribution is 7.89. The van der Waals surface area contributed by atoms with Crippen molar-refractivity contribution in [1.82, 2.24) is 9.78 Å². The number of nitro benzene ring substituents is 1. The Hall–Kier alpha value is -4.61. The third-order valence-corrected chi connectivity index (χ3v) is 5.85. The van der Waals surface area contributed by atoms with Crippen molar-refractivity contribution in [2.45, 2.75) is 4.90 Å². The summed E-state index contributed by atoms with van der Waals surface area (Å²) in [6.45, 7) is 0. The lowest BCUT2D eigenvalue weighted by atomic mass is 10.1. The van der Waals surface area contributed by atoms with E-state index < -0.39 is 20.9 Å². The van der Waals surface area contributed by atoms with E-state index in [1.165, 1.54) is 48.6 Å². The number of hydrogen-bond acceptors (Lipinski definition) is 6. The molecule has 0 saturated carbocycles. The number of nitro groups is 1. The molecule has 0 aliphatic rings. The summed E-state index contributed by atoms with van der Waals surface area (Å²) in [6, 6.07) is 20.9. The molecule has 0 spiro atoms. The van der Waals surface area contributed by atoms with Crippen molar-refractivity contribution in [1.29, 1.82) is 0 Å². The number of rotatable bonds is 7. The Balaban J connectivity index is 1.67. The summed E-state index contributed by atoms with van der Waals surface area (Å²) in [7, 11) is -3.91. The molecule has 1 heterocycles. The van der Waals surface area contributed by atoms with Crippen LogP contribution in [0.1, 0.15) is 5.56 Å². The van der Waals surface area contributed by atoms with Crippen LogP contribution in [0.4, 0.5) is 11.4 Å². The Labute approximate surface area is 200 Å². The lowest BCUT2D eigenvalue weighted by molar-refractivity contribution is -0.384. The van der Waals surface area contributed by atoms with Crippen molar-refractivity contribution in [3.05, 3.63) is 107 Å². The van der Waals surface area contributed by atoms with Gasteiger partial charge >= 0.3 is 0 Å². The van der Waals surface area contributed by atoms with Gasteiger partial charge in [-0.1, -0.05) is 36.4 Å². The van der Waals surface area contributed by atoms with Gasteiger partial charge in [-0.25, -0.2) is 18.2 Å². The van der Waals surface area contributed by atoms with Crippen LogP contribution in [0.15, 0.2) is 96.0 Å². The molecule has 4 aromatic rings. The first-order chi connectivity index (χ1) is 16.7. The number of non-ortho nitro benzene ring substituents is 1. The number of amides is 1. The molecule has 0 radical (unpaired) electrons. The third kappa shape index (κ3) is 5.66. The first kappa shape index (κ1) is 23.5. The molecule has 1 amide bonds. The van der Waals surface area contributed by atoms with Crippen LogP contribution < -0.4 is 10.5 Å². The van der Waals surface area contributed by atoms with Crippen molar-refractivity contribution >= 4 is 33.4 Å². The van der Waals surface area contributed by atoms with E-state index in [-0.39, 0.29) is 16.3 Å². The number of carbonyl (C=O) groups is 1. The third-order valence-electron chi connectivity index (χ3n) is 4.94. The monoisotopic (exact) mass is 489 g/mol. The zero-order valence-corrected chi connectivity index (χ0v) is 18.9. The zero-order chi connectivity index (χ0) is 25.0. The van der Waals surface area contributed by atoms with Crippen LogP contribution in [-0.4, -0.2) is 29.0 Å². The second-order valence-corrected chi connectivity index (χ2v) is 8.98. The molecule has 10 nitrogen and oxygen atoms in total. The number of sulfonamides is 1. The van der Waals surface area contributed by atoms with Crippen LogP contribution in [0.5, 0.6) is 0 Å². The minimum absolute atomic E-state index is 0.0841. The molecule has 0 atom stereocenters. The van der Waals surface area contributed by atoms with Gasteiger partial charge in [0.25, 0.3) is 5.69 Å². The molecule has 11 heteroatoms. The number of hydrogen-bond donors (Lipinski definition) is 2. The van der Waals surface area contributed by atoms with Gasteiger partial charge in [0.15, 0.2) is 0 Å². The van der Waals surface area contributed by atoms with Crippen molar-refractivity contribution in [2.24, 2.45) is 5.14 Å². The van der Waals surface area contributed by atoms with E-state index in [0.29, 0.717) is 16.8 Å². The summed E-state index contributed by atoms with van der Waals surface area (Å²) in [5.41, 5.74) is 2.43. The largest absolute Gasteiger partial charge is 0.322 e. The smallest absolute Gasteiger partial charge is 0.270 e. The molecule has 1 aromatic heterocycles. The number of benzene rings is 3. The molecule has 176 valence electrons. The van der Waals surface area contributed by atoms with Crippen molar-refractivity contribution in [3.63, 3.8) is 0 Å². The van der Waals surface area contributed by atoms with E-state index in [4.69, 9.17) is 5.14 Å². The summed E-state index contributed by atoms with van der Waals surface area (Å²) >= 11 is 0. The van der Waals surface area contributed by atoms with Crippen molar-refractivity contribution in [2.75, 3.05) is 5.32 Å². The molecule has 0 unspecified atom stereocenters. The van der Waals surface area contributed by atoms with Gasteiger partial charge in [-0.05, 0) is 36.4 Å². The number of nitrogens with one attached hydrogen (secondary N) is 1. The molecular weight excluding hydrogens is 470 g/mol. The Bertz CT molecular complexity index is 1550. The maximum absolute atomic E-state index is 12.5. The van der Waals surface area contributed by atoms with Gasteiger partial charge in [-0.3, -0.25) is 14.9 Å². The number of nitrogens with zero attached hydrogens (tertiary/aromatic N) is 3. The molecular formula is C24H19N5O5S. The molecule has 35 heavy (non-hydrogen) atoms. The number of carbonyl (C=O) groups excluding carboxylic acids is 1. The molecule has 3 N–H and O–H groups in total. The summed E-state index contributed by atoms with van der Waals surface area (Å²) < 4.78 is 24.7. The van der Waals surface area contributed by atoms with Crippen LogP contribution in [0.3, 0.4) is 0 Å². The van der Waals surface area contributed by atoms with Gasteiger partial charge in [-0.2, -0.15) is 5.10 Å². The normalized spacial score (nSPS) is 11.5.